The quantitative estimate of drug-likeness (QED) is 0.767. The topological polar surface area (TPSA) is 21.3 Å². The first-order valence-electron chi connectivity index (χ1n) is 7.52. The normalized spacial score (nSPS) is 13.1. The second kappa shape index (κ2) is 7.55. The summed E-state index contributed by atoms with van der Waals surface area (Å²) in [5.74, 6) is 0. The third-order valence-corrected chi connectivity index (χ3v) is 4.16. The molecular weight excluding hydrogens is 274 g/mol. The van der Waals surface area contributed by atoms with Crippen LogP contribution in [0.3, 0.4) is 0 Å². The highest BCUT2D eigenvalue weighted by Crippen LogP contribution is 2.21. The summed E-state index contributed by atoms with van der Waals surface area (Å²) in [5.41, 5.74) is 2.55. The Morgan fingerprint density at radius 2 is 1.48 bits per heavy atom. The van der Waals surface area contributed by atoms with Crippen LogP contribution in [0.1, 0.15) is 17.2 Å². The van der Waals surface area contributed by atoms with Crippen LogP contribution in [0.25, 0.3) is 0 Å². The van der Waals surface area contributed by atoms with Gasteiger partial charge >= 0.3 is 0 Å². The fraction of sp³-hybridized carbons (Fsp3) is 0.333. The third-order valence-electron chi connectivity index (χ3n) is 3.17. The van der Waals surface area contributed by atoms with E-state index < -0.39 is 8.32 Å². The van der Waals surface area contributed by atoms with Gasteiger partial charge in [0.25, 0.3) is 0 Å². The summed E-state index contributed by atoms with van der Waals surface area (Å²) in [6, 6.07) is 21.0. The predicted octanol–water partition coefficient (Wildman–Crippen LogP) is 4.37. The summed E-state index contributed by atoms with van der Waals surface area (Å²) >= 11 is 0. The maximum Gasteiger partial charge on any atom is 0.184 e. The van der Waals surface area contributed by atoms with Crippen molar-refractivity contribution in [1.29, 1.82) is 0 Å². The van der Waals surface area contributed by atoms with Gasteiger partial charge in [0.2, 0.25) is 0 Å². The Hall–Kier alpha value is -1.42. The molecule has 0 heterocycles. The van der Waals surface area contributed by atoms with Gasteiger partial charge in [-0.25, -0.2) is 0 Å². The highest BCUT2D eigenvalue weighted by molar-refractivity contribution is 6.69. The molecule has 21 heavy (non-hydrogen) atoms. The molecule has 0 aliphatic heterocycles. The van der Waals surface area contributed by atoms with Crippen molar-refractivity contribution in [2.24, 2.45) is 0 Å². The van der Waals surface area contributed by atoms with Crippen LogP contribution in [0.5, 0.6) is 0 Å². The fourth-order valence-corrected chi connectivity index (χ4v) is 3.34. The fourth-order valence-electron chi connectivity index (χ4n) is 2.27. The number of rotatable bonds is 7. The molecule has 2 nitrogen and oxygen atoms in total. The summed E-state index contributed by atoms with van der Waals surface area (Å²) in [6.07, 6.45) is 0.126. The molecular formula is C18H25NOSi. The van der Waals surface area contributed by atoms with Gasteiger partial charge in [-0.1, -0.05) is 60.7 Å². The first-order chi connectivity index (χ1) is 10.0. The van der Waals surface area contributed by atoms with E-state index in [0.717, 1.165) is 13.1 Å². The monoisotopic (exact) mass is 299 g/mol. The molecule has 0 spiro atoms. The van der Waals surface area contributed by atoms with Crippen molar-refractivity contribution >= 4 is 8.32 Å². The lowest BCUT2D eigenvalue weighted by Gasteiger charge is -2.27. The Morgan fingerprint density at radius 1 is 0.905 bits per heavy atom. The van der Waals surface area contributed by atoms with Crippen molar-refractivity contribution in [3.05, 3.63) is 71.8 Å². The highest BCUT2D eigenvalue weighted by Gasteiger charge is 2.22. The summed E-state index contributed by atoms with van der Waals surface area (Å²) in [7, 11) is -1.57. The van der Waals surface area contributed by atoms with Crippen molar-refractivity contribution in [2.75, 3.05) is 6.54 Å². The molecule has 1 atom stereocenters. The lowest BCUT2D eigenvalue weighted by atomic mass is 10.1. The Bertz CT molecular complexity index is 522. The van der Waals surface area contributed by atoms with E-state index in [4.69, 9.17) is 4.43 Å². The lowest BCUT2D eigenvalue weighted by molar-refractivity contribution is 0.193. The molecule has 0 saturated heterocycles. The van der Waals surface area contributed by atoms with Crippen LogP contribution in [0.15, 0.2) is 60.7 Å². The molecule has 0 fully saturated rings. The van der Waals surface area contributed by atoms with E-state index >= 15 is 0 Å². The summed E-state index contributed by atoms with van der Waals surface area (Å²) in [6.45, 7) is 8.42. The van der Waals surface area contributed by atoms with Crippen LogP contribution in [0.2, 0.25) is 19.6 Å². The van der Waals surface area contributed by atoms with Gasteiger partial charge in [-0.3, -0.25) is 0 Å². The first kappa shape index (κ1) is 16.0. The minimum absolute atomic E-state index is 0.126. The molecule has 0 aromatic heterocycles. The zero-order valence-electron chi connectivity index (χ0n) is 13.2. The summed E-state index contributed by atoms with van der Waals surface area (Å²) in [5, 5.41) is 3.52. The van der Waals surface area contributed by atoms with Crippen molar-refractivity contribution in [3.8, 4) is 0 Å². The van der Waals surface area contributed by atoms with Crippen molar-refractivity contribution in [3.63, 3.8) is 0 Å². The summed E-state index contributed by atoms with van der Waals surface area (Å²) < 4.78 is 6.34. The molecule has 0 amide bonds. The van der Waals surface area contributed by atoms with E-state index in [1.165, 1.54) is 11.1 Å². The van der Waals surface area contributed by atoms with Crippen LogP contribution >= 0.6 is 0 Å². The Kier molecular flexibility index (Phi) is 5.73. The van der Waals surface area contributed by atoms with E-state index in [1.807, 2.05) is 12.1 Å². The summed E-state index contributed by atoms with van der Waals surface area (Å²) in [4.78, 5) is 0. The highest BCUT2D eigenvalue weighted by atomic mass is 28.4. The second-order valence-corrected chi connectivity index (χ2v) is 10.7. The smallest absolute Gasteiger partial charge is 0.184 e. The number of nitrogens with one attached hydrogen (secondary N) is 1. The van der Waals surface area contributed by atoms with E-state index in [-0.39, 0.29) is 6.10 Å². The van der Waals surface area contributed by atoms with Crippen LogP contribution in [0, 0.1) is 0 Å². The second-order valence-electron chi connectivity index (χ2n) is 6.25. The van der Waals surface area contributed by atoms with Crippen LogP contribution < -0.4 is 5.32 Å². The molecule has 3 heteroatoms. The van der Waals surface area contributed by atoms with Crippen LogP contribution in [-0.4, -0.2) is 14.9 Å². The average molecular weight is 299 g/mol. The van der Waals surface area contributed by atoms with Gasteiger partial charge in [0.15, 0.2) is 8.32 Å². The van der Waals surface area contributed by atoms with Gasteiger partial charge in [0, 0.05) is 13.1 Å². The SMILES string of the molecule is C[Si](C)(C)O[C@H](CNCc1ccccc1)c1ccccc1. The first-order valence-corrected chi connectivity index (χ1v) is 10.9. The van der Waals surface area contributed by atoms with Gasteiger partial charge in [0.05, 0.1) is 6.10 Å². The number of hydrogen-bond acceptors (Lipinski definition) is 2. The molecule has 0 saturated carbocycles. The Balaban J connectivity index is 1.96. The molecule has 2 rings (SSSR count). The minimum atomic E-state index is -1.57. The van der Waals surface area contributed by atoms with Gasteiger partial charge in [-0.05, 0) is 30.8 Å². The van der Waals surface area contributed by atoms with Crippen molar-refractivity contribution in [1.82, 2.24) is 5.32 Å². The third kappa shape index (κ3) is 5.84. The van der Waals surface area contributed by atoms with E-state index in [0.29, 0.717) is 0 Å². The average Bonchev–Trinajstić information content (AvgIpc) is 2.47. The molecule has 0 aliphatic rings. The largest absolute Gasteiger partial charge is 0.409 e. The zero-order valence-corrected chi connectivity index (χ0v) is 14.2. The van der Waals surface area contributed by atoms with E-state index in [2.05, 4.69) is 73.5 Å². The standard InChI is InChI=1S/C18H25NOSi/c1-21(2,3)20-18(17-12-8-5-9-13-17)15-19-14-16-10-6-4-7-11-16/h4-13,18-19H,14-15H2,1-3H3/t18-/m1/s1. The molecule has 2 aromatic rings. The predicted molar refractivity (Wildman–Crippen MR) is 91.8 cm³/mol. The molecule has 0 bridgehead atoms. The molecule has 0 radical (unpaired) electrons. The molecule has 0 aliphatic carbocycles. The Labute approximate surface area is 129 Å². The molecule has 1 N–H and O–H groups in total. The van der Waals surface area contributed by atoms with E-state index in [9.17, 15) is 0 Å². The van der Waals surface area contributed by atoms with Gasteiger partial charge < -0.3 is 9.74 Å². The van der Waals surface area contributed by atoms with Crippen molar-refractivity contribution in [2.45, 2.75) is 32.3 Å². The maximum absolute atomic E-state index is 6.34. The van der Waals surface area contributed by atoms with Gasteiger partial charge in [-0.15, -0.1) is 0 Å². The van der Waals surface area contributed by atoms with Crippen LogP contribution in [0.4, 0.5) is 0 Å². The van der Waals surface area contributed by atoms with Crippen LogP contribution in [-0.2, 0) is 11.0 Å². The Morgan fingerprint density at radius 3 is 2.05 bits per heavy atom. The lowest BCUT2D eigenvalue weighted by Crippen LogP contribution is -2.33. The number of benzene rings is 2. The van der Waals surface area contributed by atoms with Gasteiger partial charge in [-0.2, -0.15) is 0 Å². The number of hydrogen-bond donors (Lipinski definition) is 1. The zero-order chi connectivity index (χ0) is 15.1. The molecule has 2 aromatic carbocycles. The van der Waals surface area contributed by atoms with E-state index in [1.54, 1.807) is 0 Å². The molecule has 0 unspecified atom stereocenters. The minimum Gasteiger partial charge on any atom is -0.409 e. The van der Waals surface area contributed by atoms with Gasteiger partial charge in [0.1, 0.15) is 0 Å². The molecule has 112 valence electrons. The van der Waals surface area contributed by atoms with Crippen molar-refractivity contribution < 1.29 is 4.43 Å². The maximum atomic E-state index is 6.34.